The van der Waals surface area contributed by atoms with Gasteiger partial charge in [0.05, 0.1) is 7.11 Å². The maximum absolute atomic E-state index is 13.5. The van der Waals surface area contributed by atoms with E-state index in [1.165, 1.54) is 13.2 Å². The molecule has 0 saturated carbocycles. The number of rotatable bonds is 4. The van der Waals surface area contributed by atoms with E-state index < -0.39 is 11.6 Å². The molecular weight excluding hydrogens is 330 g/mol. The second-order valence-electron chi connectivity index (χ2n) is 4.15. The number of carbonyl (C=O) groups is 1. The minimum absolute atomic E-state index is 0.222. The van der Waals surface area contributed by atoms with E-state index in [0.29, 0.717) is 15.8 Å². The van der Waals surface area contributed by atoms with Gasteiger partial charge in [-0.25, -0.2) is 8.78 Å². The lowest BCUT2D eigenvalue weighted by Gasteiger charge is -2.07. The van der Waals surface area contributed by atoms with E-state index in [0.717, 1.165) is 12.1 Å². The number of hydrogen-bond acceptors (Lipinski definition) is 2. The van der Waals surface area contributed by atoms with E-state index in [1.807, 2.05) is 0 Å². The predicted molar refractivity (Wildman–Crippen MR) is 75.1 cm³/mol. The highest BCUT2D eigenvalue weighted by atomic mass is 79.9. The van der Waals surface area contributed by atoms with Gasteiger partial charge in [0.15, 0.2) is 5.78 Å². The summed E-state index contributed by atoms with van der Waals surface area (Å²) in [7, 11) is 1.51. The highest BCUT2D eigenvalue weighted by Crippen LogP contribution is 2.25. The Kier molecular flexibility index (Phi) is 4.49. The second-order valence-corrected chi connectivity index (χ2v) is 5.00. The fourth-order valence-corrected chi connectivity index (χ4v) is 2.38. The van der Waals surface area contributed by atoms with Crippen LogP contribution >= 0.6 is 15.9 Å². The Morgan fingerprint density at radius 3 is 2.40 bits per heavy atom. The summed E-state index contributed by atoms with van der Waals surface area (Å²) in [6, 6.07) is 8.34. The summed E-state index contributed by atoms with van der Waals surface area (Å²) in [5.74, 6) is -1.22. The molecule has 5 heteroatoms. The van der Waals surface area contributed by atoms with Crippen molar-refractivity contribution >= 4 is 21.7 Å². The first kappa shape index (κ1) is 14.7. The fourth-order valence-electron chi connectivity index (χ4n) is 1.81. The summed E-state index contributed by atoms with van der Waals surface area (Å²) in [6.07, 6.45) is -0.330. The van der Waals surface area contributed by atoms with Crippen LogP contribution in [0.4, 0.5) is 8.78 Å². The molecule has 0 bridgehead atoms. The van der Waals surface area contributed by atoms with Gasteiger partial charge in [0, 0.05) is 22.0 Å². The maximum atomic E-state index is 13.5. The zero-order valence-electron chi connectivity index (χ0n) is 10.6. The summed E-state index contributed by atoms with van der Waals surface area (Å²) in [4.78, 5) is 12.1. The Morgan fingerprint density at radius 1 is 1.20 bits per heavy atom. The Balaban J connectivity index is 2.29. The standard InChI is InChI=1S/C15H11BrF2O2/c1-20-9-5-6-10(12(16)7-9)15(19)8-11-13(17)3-2-4-14(11)18/h2-7H,8H2,1H3. The van der Waals surface area contributed by atoms with Crippen molar-refractivity contribution in [2.24, 2.45) is 0 Å². The van der Waals surface area contributed by atoms with Crippen LogP contribution in [-0.4, -0.2) is 12.9 Å². The van der Waals surface area contributed by atoms with Gasteiger partial charge in [-0.15, -0.1) is 0 Å². The topological polar surface area (TPSA) is 26.3 Å². The molecule has 2 aromatic carbocycles. The van der Waals surface area contributed by atoms with Crippen LogP contribution in [0.25, 0.3) is 0 Å². The van der Waals surface area contributed by atoms with E-state index >= 15 is 0 Å². The summed E-state index contributed by atoms with van der Waals surface area (Å²) in [5.41, 5.74) is 0.133. The molecule has 0 aromatic heterocycles. The first-order valence-corrected chi connectivity index (χ1v) is 6.62. The molecule has 0 amide bonds. The molecule has 2 nitrogen and oxygen atoms in total. The SMILES string of the molecule is COc1ccc(C(=O)Cc2c(F)cccc2F)c(Br)c1. The first-order chi connectivity index (χ1) is 9.52. The van der Waals surface area contributed by atoms with Gasteiger partial charge >= 0.3 is 0 Å². The normalized spacial score (nSPS) is 10.4. The van der Waals surface area contributed by atoms with E-state index in [2.05, 4.69) is 15.9 Å². The number of benzene rings is 2. The number of methoxy groups -OCH3 is 1. The van der Waals surface area contributed by atoms with Crippen molar-refractivity contribution in [3.63, 3.8) is 0 Å². The number of ketones is 1. The molecule has 0 saturated heterocycles. The minimum Gasteiger partial charge on any atom is -0.497 e. The molecule has 0 spiro atoms. The molecule has 0 unspecified atom stereocenters. The van der Waals surface area contributed by atoms with Crippen LogP contribution in [0.5, 0.6) is 5.75 Å². The molecule has 2 aromatic rings. The second kappa shape index (κ2) is 6.13. The minimum atomic E-state index is -0.719. The number of ether oxygens (including phenoxy) is 1. The Bertz CT molecular complexity index is 636. The molecule has 0 heterocycles. The van der Waals surface area contributed by atoms with Crippen LogP contribution in [0.2, 0.25) is 0 Å². The van der Waals surface area contributed by atoms with E-state index in [4.69, 9.17) is 4.74 Å². The summed E-state index contributed by atoms with van der Waals surface area (Å²) >= 11 is 3.25. The molecular formula is C15H11BrF2O2. The van der Waals surface area contributed by atoms with Gasteiger partial charge in [0.25, 0.3) is 0 Å². The van der Waals surface area contributed by atoms with Crippen molar-refractivity contribution in [3.8, 4) is 5.75 Å². The van der Waals surface area contributed by atoms with Gasteiger partial charge in [-0.3, -0.25) is 4.79 Å². The van der Waals surface area contributed by atoms with E-state index in [9.17, 15) is 13.6 Å². The number of carbonyl (C=O) groups excluding carboxylic acids is 1. The van der Waals surface area contributed by atoms with Crippen LogP contribution in [0.1, 0.15) is 15.9 Å². The molecule has 104 valence electrons. The summed E-state index contributed by atoms with van der Waals surface area (Å²) < 4.78 is 32.6. The molecule has 0 N–H and O–H groups in total. The van der Waals surface area contributed by atoms with Crippen molar-refractivity contribution in [2.75, 3.05) is 7.11 Å². The lowest BCUT2D eigenvalue weighted by Crippen LogP contribution is -2.08. The molecule has 0 fully saturated rings. The maximum Gasteiger partial charge on any atom is 0.168 e. The monoisotopic (exact) mass is 340 g/mol. The van der Waals surface area contributed by atoms with Crippen molar-refractivity contribution in [1.82, 2.24) is 0 Å². The van der Waals surface area contributed by atoms with Crippen molar-refractivity contribution in [1.29, 1.82) is 0 Å². The average Bonchev–Trinajstić information content (AvgIpc) is 2.42. The molecule has 0 radical (unpaired) electrons. The third-order valence-electron chi connectivity index (χ3n) is 2.88. The van der Waals surface area contributed by atoms with Crippen LogP contribution < -0.4 is 4.74 Å². The largest absolute Gasteiger partial charge is 0.497 e. The molecule has 20 heavy (non-hydrogen) atoms. The van der Waals surface area contributed by atoms with E-state index in [1.54, 1.807) is 18.2 Å². The lowest BCUT2D eigenvalue weighted by molar-refractivity contribution is 0.0990. The molecule has 0 aliphatic heterocycles. The Hall–Kier alpha value is -1.75. The van der Waals surface area contributed by atoms with Gasteiger partial charge < -0.3 is 4.74 Å². The summed E-state index contributed by atoms with van der Waals surface area (Å²) in [6.45, 7) is 0. The number of hydrogen-bond donors (Lipinski definition) is 0. The summed E-state index contributed by atoms with van der Waals surface area (Å²) in [5, 5.41) is 0. The quantitative estimate of drug-likeness (QED) is 0.781. The van der Waals surface area contributed by atoms with Gasteiger partial charge in [0.1, 0.15) is 17.4 Å². The third-order valence-corrected chi connectivity index (χ3v) is 3.53. The highest BCUT2D eigenvalue weighted by Gasteiger charge is 2.16. The van der Waals surface area contributed by atoms with Crippen LogP contribution in [0.3, 0.4) is 0 Å². The predicted octanol–water partition coefficient (Wildman–Crippen LogP) is 4.16. The molecule has 2 rings (SSSR count). The smallest absolute Gasteiger partial charge is 0.168 e. The van der Waals surface area contributed by atoms with Gasteiger partial charge in [-0.1, -0.05) is 6.07 Å². The van der Waals surface area contributed by atoms with E-state index in [-0.39, 0.29) is 17.8 Å². The fraction of sp³-hybridized carbons (Fsp3) is 0.133. The average molecular weight is 341 g/mol. The number of halogens is 3. The first-order valence-electron chi connectivity index (χ1n) is 5.82. The van der Waals surface area contributed by atoms with Gasteiger partial charge in [-0.05, 0) is 46.3 Å². The third kappa shape index (κ3) is 3.04. The molecule has 0 aliphatic carbocycles. The van der Waals surface area contributed by atoms with Crippen LogP contribution in [0.15, 0.2) is 40.9 Å². The molecule has 0 aliphatic rings. The Labute approximate surface area is 123 Å². The van der Waals surface area contributed by atoms with Crippen LogP contribution in [0, 0.1) is 11.6 Å². The Morgan fingerprint density at radius 2 is 1.85 bits per heavy atom. The van der Waals surface area contributed by atoms with Crippen molar-refractivity contribution in [2.45, 2.75) is 6.42 Å². The van der Waals surface area contributed by atoms with Gasteiger partial charge in [-0.2, -0.15) is 0 Å². The van der Waals surface area contributed by atoms with Gasteiger partial charge in [0.2, 0.25) is 0 Å². The highest BCUT2D eigenvalue weighted by molar-refractivity contribution is 9.10. The zero-order valence-corrected chi connectivity index (χ0v) is 12.2. The van der Waals surface area contributed by atoms with Crippen molar-refractivity contribution in [3.05, 3.63) is 63.6 Å². The number of Topliss-reactive ketones (excluding diaryl/α,β-unsaturated/α-hetero) is 1. The van der Waals surface area contributed by atoms with Crippen LogP contribution in [-0.2, 0) is 6.42 Å². The zero-order chi connectivity index (χ0) is 14.7. The lowest BCUT2D eigenvalue weighted by atomic mass is 10.0. The molecule has 0 atom stereocenters. The van der Waals surface area contributed by atoms with Crippen molar-refractivity contribution < 1.29 is 18.3 Å².